The zero-order valence-corrected chi connectivity index (χ0v) is 11.9. The first-order valence-corrected chi connectivity index (χ1v) is 7.28. The lowest BCUT2D eigenvalue weighted by molar-refractivity contribution is 0.237. The van der Waals surface area contributed by atoms with Crippen LogP contribution in [0.4, 0.5) is 5.82 Å². The third-order valence-corrected chi connectivity index (χ3v) is 3.60. The van der Waals surface area contributed by atoms with Crippen molar-refractivity contribution in [3.63, 3.8) is 0 Å². The summed E-state index contributed by atoms with van der Waals surface area (Å²) in [6.07, 6.45) is 7.32. The number of rotatable bonds is 7. The van der Waals surface area contributed by atoms with Crippen molar-refractivity contribution in [3.8, 4) is 0 Å². The van der Waals surface area contributed by atoms with E-state index in [9.17, 15) is 0 Å². The minimum Gasteiger partial charge on any atom is -0.369 e. The van der Waals surface area contributed by atoms with Gasteiger partial charge in [0.1, 0.15) is 5.82 Å². The van der Waals surface area contributed by atoms with E-state index in [2.05, 4.69) is 15.2 Å². The van der Waals surface area contributed by atoms with Crippen LogP contribution in [0.1, 0.15) is 31.2 Å². The van der Waals surface area contributed by atoms with E-state index in [-0.39, 0.29) is 0 Å². The molecule has 0 amide bonds. The highest BCUT2D eigenvalue weighted by atomic mass is 15.1. The van der Waals surface area contributed by atoms with Gasteiger partial charge in [-0.3, -0.25) is 0 Å². The molecule has 0 spiro atoms. The maximum absolute atomic E-state index is 7.75. The second-order valence-corrected chi connectivity index (χ2v) is 5.15. The zero-order valence-electron chi connectivity index (χ0n) is 11.9. The second kappa shape index (κ2) is 7.75. The molecule has 2 rings (SSSR count). The van der Waals surface area contributed by atoms with Gasteiger partial charge < -0.3 is 21.0 Å². The molecule has 1 aliphatic heterocycles. The third-order valence-electron chi connectivity index (χ3n) is 3.60. The highest BCUT2D eigenvalue weighted by molar-refractivity contribution is 6.04. The summed E-state index contributed by atoms with van der Waals surface area (Å²) in [5.74, 6) is 0.855. The van der Waals surface area contributed by atoms with Crippen LogP contribution in [0.5, 0.6) is 0 Å². The number of pyridine rings is 1. The maximum Gasteiger partial charge on any atom is 0.125 e. The van der Waals surface area contributed by atoms with Crippen LogP contribution in [0.15, 0.2) is 18.3 Å². The largest absolute Gasteiger partial charge is 0.369 e. The van der Waals surface area contributed by atoms with Crippen molar-refractivity contribution in [1.29, 1.82) is 10.8 Å². The van der Waals surface area contributed by atoms with E-state index in [0.29, 0.717) is 12.1 Å². The molecule has 1 fully saturated rings. The molecule has 1 aromatic rings. The van der Waals surface area contributed by atoms with Crippen LogP contribution in [0.25, 0.3) is 0 Å². The average molecular weight is 273 g/mol. The molecule has 5 nitrogen and oxygen atoms in total. The van der Waals surface area contributed by atoms with Gasteiger partial charge in [0.05, 0.1) is 0 Å². The summed E-state index contributed by atoms with van der Waals surface area (Å²) in [5, 5.41) is 18.1. The van der Waals surface area contributed by atoms with Gasteiger partial charge in [0, 0.05) is 43.2 Å². The summed E-state index contributed by atoms with van der Waals surface area (Å²) in [6, 6.07) is 3.80. The predicted molar refractivity (Wildman–Crippen MR) is 83.2 cm³/mol. The fourth-order valence-electron chi connectivity index (χ4n) is 2.42. The number of likely N-dealkylation sites (tertiary alicyclic amines) is 1. The molecule has 0 unspecified atom stereocenters. The van der Waals surface area contributed by atoms with Gasteiger partial charge in [0.25, 0.3) is 0 Å². The van der Waals surface area contributed by atoms with Gasteiger partial charge in [-0.1, -0.05) is 6.42 Å². The minimum absolute atomic E-state index is 0.364. The van der Waals surface area contributed by atoms with Crippen LogP contribution >= 0.6 is 0 Å². The topological polar surface area (TPSA) is 75.9 Å². The Bertz CT molecular complexity index is 434. The van der Waals surface area contributed by atoms with Crippen molar-refractivity contribution in [1.82, 2.24) is 9.88 Å². The molecule has 20 heavy (non-hydrogen) atoms. The van der Waals surface area contributed by atoms with Crippen molar-refractivity contribution < 1.29 is 0 Å². The monoisotopic (exact) mass is 273 g/mol. The van der Waals surface area contributed by atoms with E-state index in [1.165, 1.54) is 38.6 Å². The standard InChI is InChI=1S/C15H23N5/c16-7-6-14(17)13-4-5-15(19-12-13)18-8-11-20-9-2-1-3-10-20/h4-5,7,12,16-17H,1-3,6,8-11H2,(H,18,19). The van der Waals surface area contributed by atoms with Crippen LogP contribution in [0.3, 0.4) is 0 Å². The molecule has 108 valence electrons. The zero-order chi connectivity index (χ0) is 14.2. The molecule has 5 heteroatoms. The number of hydrogen-bond donors (Lipinski definition) is 3. The summed E-state index contributed by atoms with van der Waals surface area (Å²) in [6.45, 7) is 4.40. The van der Waals surface area contributed by atoms with Crippen LogP contribution < -0.4 is 5.32 Å². The van der Waals surface area contributed by atoms with Gasteiger partial charge in [-0.25, -0.2) is 4.98 Å². The van der Waals surface area contributed by atoms with Crippen molar-refractivity contribution >= 4 is 17.7 Å². The summed E-state index contributed by atoms with van der Waals surface area (Å²) < 4.78 is 0. The fraction of sp³-hybridized carbons (Fsp3) is 0.533. The smallest absolute Gasteiger partial charge is 0.125 e. The third kappa shape index (κ3) is 4.42. The SMILES string of the molecule is N=CCC(=N)c1ccc(NCCN2CCCCC2)nc1. The summed E-state index contributed by atoms with van der Waals surface area (Å²) >= 11 is 0. The van der Waals surface area contributed by atoms with Crippen molar-refractivity contribution in [3.05, 3.63) is 23.9 Å². The van der Waals surface area contributed by atoms with Gasteiger partial charge in [-0.05, 0) is 38.1 Å². The molecule has 2 heterocycles. The minimum atomic E-state index is 0.364. The van der Waals surface area contributed by atoms with E-state index in [1.807, 2.05) is 12.1 Å². The van der Waals surface area contributed by atoms with Crippen LogP contribution in [-0.4, -0.2) is 48.0 Å². The molecule has 1 aromatic heterocycles. The van der Waals surface area contributed by atoms with Gasteiger partial charge in [0.15, 0.2) is 0 Å². The summed E-state index contributed by atoms with van der Waals surface area (Å²) in [5.41, 5.74) is 1.22. The first kappa shape index (κ1) is 14.7. The quantitative estimate of drug-likeness (QED) is 0.668. The summed E-state index contributed by atoms with van der Waals surface area (Å²) in [7, 11) is 0. The Balaban J connectivity index is 1.75. The number of piperidine rings is 1. The molecular weight excluding hydrogens is 250 g/mol. The Labute approximate surface area is 120 Å². The molecule has 0 bridgehead atoms. The van der Waals surface area contributed by atoms with Crippen molar-refractivity contribution in [2.24, 2.45) is 0 Å². The van der Waals surface area contributed by atoms with Gasteiger partial charge in [0.2, 0.25) is 0 Å². The van der Waals surface area contributed by atoms with Gasteiger partial charge in [-0.2, -0.15) is 0 Å². The molecule has 0 radical (unpaired) electrons. The number of aromatic nitrogens is 1. The molecule has 0 aliphatic carbocycles. The van der Waals surface area contributed by atoms with Gasteiger partial charge >= 0.3 is 0 Å². The molecule has 1 aliphatic rings. The molecule has 1 saturated heterocycles. The first-order valence-electron chi connectivity index (χ1n) is 7.28. The highest BCUT2D eigenvalue weighted by Gasteiger charge is 2.09. The fourth-order valence-corrected chi connectivity index (χ4v) is 2.42. The Morgan fingerprint density at radius 2 is 2.10 bits per heavy atom. The number of anilines is 1. The Hall–Kier alpha value is -1.75. The molecule has 0 atom stereocenters. The number of nitrogens with zero attached hydrogens (tertiary/aromatic N) is 2. The van der Waals surface area contributed by atoms with Crippen LogP contribution in [-0.2, 0) is 0 Å². The van der Waals surface area contributed by atoms with E-state index >= 15 is 0 Å². The predicted octanol–water partition coefficient (Wildman–Crippen LogP) is 2.39. The van der Waals surface area contributed by atoms with Gasteiger partial charge in [-0.15, -0.1) is 0 Å². The van der Waals surface area contributed by atoms with Crippen LogP contribution in [0.2, 0.25) is 0 Å². The summed E-state index contributed by atoms with van der Waals surface area (Å²) in [4.78, 5) is 6.81. The molecule has 0 aromatic carbocycles. The Morgan fingerprint density at radius 3 is 2.75 bits per heavy atom. The average Bonchev–Trinajstić information content (AvgIpc) is 2.49. The highest BCUT2D eigenvalue weighted by Crippen LogP contribution is 2.09. The molecular formula is C15H23N5. The Kier molecular flexibility index (Phi) is 5.68. The molecule has 3 N–H and O–H groups in total. The van der Waals surface area contributed by atoms with Crippen molar-refractivity contribution in [2.75, 3.05) is 31.5 Å². The lowest BCUT2D eigenvalue weighted by atomic mass is 10.1. The van der Waals surface area contributed by atoms with Crippen molar-refractivity contribution in [2.45, 2.75) is 25.7 Å². The lowest BCUT2D eigenvalue weighted by Crippen LogP contribution is -2.33. The van der Waals surface area contributed by atoms with E-state index in [0.717, 1.165) is 24.5 Å². The first-order chi connectivity index (χ1) is 9.79. The van der Waals surface area contributed by atoms with E-state index < -0.39 is 0 Å². The normalized spacial score (nSPS) is 15.8. The number of nitrogens with one attached hydrogen (secondary N) is 3. The Morgan fingerprint density at radius 1 is 1.30 bits per heavy atom. The van der Waals surface area contributed by atoms with E-state index in [1.54, 1.807) is 6.20 Å². The maximum atomic E-state index is 7.75. The second-order valence-electron chi connectivity index (χ2n) is 5.15. The lowest BCUT2D eigenvalue weighted by Gasteiger charge is -2.26. The molecule has 0 saturated carbocycles. The number of hydrogen-bond acceptors (Lipinski definition) is 5. The van der Waals surface area contributed by atoms with E-state index in [4.69, 9.17) is 10.8 Å². The van der Waals surface area contributed by atoms with Crippen LogP contribution in [0, 0.1) is 10.8 Å².